The third-order valence-electron chi connectivity index (χ3n) is 4.77. The Morgan fingerprint density at radius 2 is 1.58 bits per heavy atom. The molecule has 0 fully saturated rings. The van der Waals surface area contributed by atoms with Crippen LogP contribution in [0.4, 0.5) is 0 Å². The number of carbonyl (C=O) groups is 1. The van der Waals surface area contributed by atoms with Crippen molar-refractivity contribution in [2.75, 3.05) is 0 Å². The number of halogens is 2. The van der Waals surface area contributed by atoms with Crippen LogP contribution in [-0.2, 0) is 10.4 Å². The number of rotatable bonds is 7. The fourth-order valence-electron chi connectivity index (χ4n) is 3.13. The maximum Gasteiger partial charge on any atom is 0.281 e. The van der Waals surface area contributed by atoms with E-state index in [4.69, 9.17) is 16.0 Å². The first-order valence-corrected chi connectivity index (χ1v) is 11.9. The highest BCUT2D eigenvalue weighted by molar-refractivity contribution is 9.10. The molecule has 0 spiro atoms. The average Bonchev–Trinajstić information content (AvgIpc) is 3.19. The van der Waals surface area contributed by atoms with Crippen LogP contribution in [0.15, 0.2) is 115 Å². The molecule has 0 radical (unpaired) electrons. The van der Waals surface area contributed by atoms with Crippen molar-refractivity contribution in [1.29, 1.82) is 0 Å². The van der Waals surface area contributed by atoms with Crippen molar-refractivity contribution in [1.82, 2.24) is 5.43 Å². The number of amides is 1. The maximum atomic E-state index is 13.1. The molecule has 0 aliphatic carbocycles. The third-order valence-corrected chi connectivity index (χ3v) is 6.87. The van der Waals surface area contributed by atoms with Crippen molar-refractivity contribution < 1.29 is 14.3 Å². The lowest BCUT2D eigenvalue weighted by molar-refractivity contribution is -0.136. The standard InChI is InChI=1S/C25H18BrClN2O3S/c26-22-15-20(32-23(22)33-21-13-11-19(27)12-14-21)16-28-29-24(30)25(31,17-7-3-1-4-8-17)18-9-5-2-6-10-18/h1-16,31H,(H,29,30)/b28-16-. The summed E-state index contributed by atoms with van der Waals surface area (Å²) in [6.45, 7) is 0. The summed E-state index contributed by atoms with van der Waals surface area (Å²) < 4.78 is 6.56. The summed E-state index contributed by atoms with van der Waals surface area (Å²) >= 11 is 10.8. The maximum absolute atomic E-state index is 13.1. The van der Waals surface area contributed by atoms with Gasteiger partial charge in [0.15, 0.2) is 10.7 Å². The highest BCUT2D eigenvalue weighted by atomic mass is 79.9. The molecule has 1 amide bonds. The lowest BCUT2D eigenvalue weighted by Crippen LogP contribution is -2.43. The topological polar surface area (TPSA) is 74.8 Å². The van der Waals surface area contributed by atoms with E-state index in [0.29, 0.717) is 27.0 Å². The Morgan fingerprint density at radius 1 is 1.00 bits per heavy atom. The van der Waals surface area contributed by atoms with Crippen LogP contribution >= 0.6 is 39.3 Å². The molecule has 33 heavy (non-hydrogen) atoms. The zero-order valence-corrected chi connectivity index (χ0v) is 20.3. The highest BCUT2D eigenvalue weighted by Crippen LogP contribution is 2.36. The van der Waals surface area contributed by atoms with Crippen LogP contribution in [0.5, 0.6) is 0 Å². The van der Waals surface area contributed by atoms with Gasteiger partial charge in [-0.2, -0.15) is 5.10 Å². The van der Waals surface area contributed by atoms with Crippen LogP contribution in [-0.4, -0.2) is 17.2 Å². The van der Waals surface area contributed by atoms with Gasteiger partial charge >= 0.3 is 0 Å². The molecule has 166 valence electrons. The normalized spacial score (nSPS) is 11.6. The summed E-state index contributed by atoms with van der Waals surface area (Å²) in [6.07, 6.45) is 1.38. The van der Waals surface area contributed by atoms with Gasteiger partial charge in [-0.1, -0.05) is 84.0 Å². The number of aliphatic hydroxyl groups is 1. The van der Waals surface area contributed by atoms with Crippen molar-refractivity contribution in [3.05, 3.63) is 117 Å². The molecule has 2 N–H and O–H groups in total. The molecule has 0 saturated heterocycles. The summed E-state index contributed by atoms with van der Waals surface area (Å²) in [4.78, 5) is 14.0. The Morgan fingerprint density at radius 3 is 2.15 bits per heavy atom. The number of furan rings is 1. The molecule has 1 aromatic heterocycles. The fraction of sp³-hybridized carbons (Fsp3) is 0.0400. The summed E-state index contributed by atoms with van der Waals surface area (Å²) in [7, 11) is 0. The number of carbonyl (C=O) groups excluding carboxylic acids is 1. The Hall–Kier alpha value is -2.84. The van der Waals surface area contributed by atoms with Gasteiger partial charge in [0, 0.05) is 16.0 Å². The van der Waals surface area contributed by atoms with Gasteiger partial charge < -0.3 is 9.52 Å². The Kier molecular flexibility index (Phi) is 7.35. The summed E-state index contributed by atoms with van der Waals surface area (Å²) in [6, 6.07) is 26.6. The van der Waals surface area contributed by atoms with Gasteiger partial charge in [-0.3, -0.25) is 4.79 Å². The second kappa shape index (κ2) is 10.4. The predicted molar refractivity (Wildman–Crippen MR) is 134 cm³/mol. The first-order chi connectivity index (χ1) is 16.0. The lowest BCUT2D eigenvalue weighted by atomic mass is 9.85. The van der Waals surface area contributed by atoms with Crippen LogP contribution in [0.25, 0.3) is 0 Å². The van der Waals surface area contributed by atoms with Crippen LogP contribution in [0.2, 0.25) is 5.02 Å². The molecule has 0 saturated carbocycles. The molecule has 0 aliphatic heterocycles. The third kappa shape index (κ3) is 5.39. The van der Waals surface area contributed by atoms with E-state index in [1.54, 1.807) is 66.7 Å². The second-order valence-electron chi connectivity index (χ2n) is 6.98. The summed E-state index contributed by atoms with van der Waals surface area (Å²) in [5, 5.41) is 16.7. The van der Waals surface area contributed by atoms with Crippen LogP contribution in [0, 0.1) is 0 Å². The molecule has 4 rings (SSSR count). The average molecular weight is 542 g/mol. The Balaban J connectivity index is 1.51. The second-order valence-corrected chi connectivity index (χ2v) is 9.32. The monoisotopic (exact) mass is 540 g/mol. The Labute approximate surface area is 208 Å². The van der Waals surface area contributed by atoms with Gasteiger partial charge in [0.2, 0.25) is 0 Å². The first-order valence-electron chi connectivity index (χ1n) is 9.86. The van der Waals surface area contributed by atoms with Gasteiger partial charge in [0.1, 0.15) is 5.76 Å². The largest absolute Gasteiger partial charge is 0.447 e. The molecule has 0 aliphatic rings. The number of hydrogen-bond donors (Lipinski definition) is 2. The lowest BCUT2D eigenvalue weighted by Gasteiger charge is -2.26. The molecule has 3 aromatic carbocycles. The predicted octanol–water partition coefficient (Wildman–Crippen LogP) is 6.23. The van der Waals surface area contributed by atoms with Gasteiger partial charge in [0.05, 0.1) is 10.7 Å². The SMILES string of the molecule is O=C(N/N=C\c1cc(Br)c(Sc2ccc(Cl)cc2)o1)C(O)(c1ccccc1)c1ccccc1. The molecule has 0 atom stereocenters. The quantitative estimate of drug-likeness (QED) is 0.215. The molecular weight excluding hydrogens is 524 g/mol. The van der Waals surface area contributed by atoms with E-state index in [2.05, 4.69) is 26.5 Å². The first kappa shape index (κ1) is 23.3. The molecule has 4 aromatic rings. The number of benzene rings is 3. The minimum Gasteiger partial charge on any atom is -0.447 e. The van der Waals surface area contributed by atoms with Crippen molar-refractivity contribution in [3.8, 4) is 0 Å². The van der Waals surface area contributed by atoms with E-state index >= 15 is 0 Å². The molecule has 0 unspecified atom stereocenters. The van der Waals surface area contributed by atoms with Gasteiger partial charge in [0.25, 0.3) is 5.91 Å². The van der Waals surface area contributed by atoms with E-state index in [9.17, 15) is 9.90 Å². The molecular formula is C25H18BrClN2O3S. The number of hydrogen-bond acceptors (Lipinski definition) is 5. The number of hydrazone groups is 1. The van der Waals surface area contributed by atoms with Gasteiger partial charge in [-0.15, -0.1) is 0 Å². The van der Waals surface area contributed by atoms with Crippen molar-refractivity contribution in [2.24, 2.45) is 5.10 Å². The van der Waals surface area contributed by atoms with Crippen LogP contribution < -0.4 is 5.43 Å². The van der Waals surface area contributed by atoms with E-state index in [1.807, 2.05) is 24.3 Å². The van der Waals surface area contributed by atoms with Gasteiger partial charge in [-0.05, 0) is 51.3 Å². The molecule has 5 nitrogen and oxygen atoms in total. The molecule has 0 bridgehead atoms. The minimum atomic E-state index is -1.90. The zero-order chi connectivity index (χ0) is 23.3. The number of nitrogens with one attached hydrogen (secondary N) is 1. The fourth-order valence-corrected chi connectivity index (χ4v) is 4.59. The summed E-state index contributed by atoms with van der Waals surface area (Å²) in [5.41, 5.74) is 1.41. The van der Waals surface area contributed by atoms with E-state index in [-0.39, 0.29) is 0 Å². The zero-order valence-electron chi connectivity index (χ0n) is 17.1. The minimum absolute atomic E-state index is 0.432. The molecule has 8 heteroatoms. The van der Waals surface area contributed by atoms with Crippen LogP contribution in [0.1, 0.15) is 16.9 Å². The van der Waals surface area contributed by atoms with E-state index < -0.39 is 11.5 Å². The van der Waals surface area contributed by atoms with Crippen molar-refractivity contribution in [2.45, 2.75) is 15.6 Å². The van der Waals surface area contributed by atoms with Crippen LogP contribution in [0.3, 0.4) is 0 Å². The van der Waals surface area contributed by atoms with E-state index in [0.717, 1.165) is 9.37 Å². The van der Waals surface area contributed by atoms with Crippen molar-refractivity contribution >= 4 is 51.4 Å². The van der Waals surface area contributed by atoms with Gasteiger partial charge in [-0.25, -0.2) is 5.43 Å². The molecule has 1 heterocycles. The highest BCUT2D eigenvalue weighted by Gasteiger charge is 2.39. The smallest absolute Gasteiger partial charge is 0.281 e. The summed E-state index contributed by atoms with van der Waals surface area (Å²) in [5.74, 6) is -0.251. The van der Waals surface area contributed by atoms with Crippen molar-refractivity contribution in [3.63, 3.8) is 0 Å². The Bertz CT molecular complexity index is 1220. The van der Waals surface area contributed by atoms with E-state index in [1.165, 1.54) is 18.0 Å². The number of nitrogens with zero attached hydrogens (tertiary/aromatic N) is 1.